The fourth-order valence-corrected chi connectivity index (χ4v) is 2.28. The van der Waals surface area contributed by atoms with Gasteiger partial charge in [-0.15, -0.1) is 0 Å². The summed E-state index contributed by atoms with van der Waals surface area (Å²) >= 11 is 0. The number of nitrogens with zero attached hydrogens (tertiary/aromatic N) is 3. The molecule has 0 fully saturated rings. The van der Waals surface area contributed by atoms with E-state index in [1.165, 1.54) is 11.3 Å². The molecule has 0 aliphatic heterocycles. The van der Waals surface area contributed by atoms with Gasteiger partial charge in [-0.05, 0) is 12.1 Å². The third-order valence-corrected chi connectivity index (χ3v) is 3.21. The van der Waals surface area contributed by atoms with E-state index in [9.17, 15) is 0 Å². The third kappa shape index (κ3) is 3.90. The van der Waals surface area contributed by atoms with Crippen molar-refractivity contribution in [2.45, 2.75) is 39.2 Å². The number of aryl methyl sites for hydroxylation is 1. The molecule has 0 spiro atoms. The van der Waals surface area contributed by atoms with Gasteiger partial charge in [0.15, 0.2) is 0 Å². The lowest BCUT2D eigenvalue weighted by molar-refractivity contribution is 0.543. The summed E-state index contributed by atoms with van der Waals surface area (Å²) in [6, 6.07) is 6.04. The average Bonchev–Trinajstić information content (AvgIpc) is 2.77. The Hall–Kier alpha value is -1.68. The molecular formula is C16H24N4. The second kappa shape index (κ2) is 6.18. The predicted molar refractivity (Wildman–Crippen MR) is 81.6 cm³/mol. The van der Waals surface area contributed by atoms with Crippen molar-refractivity contribution in [2.24, 2.45) is 7.05 Å². The molecule has 0 saturated carbocycles. The summed E-state index contributed by atoms with van der Waals surface area (Å²) in [6.07, 6.45) is 4.90. The first-order valence-electron chi connectivity index (χ1n) is 7.10. The van der Waals surface area contributed by atoms with Crippen LogP contribution >= 0.6 is 0 Å². The Balaban J connectivity index is 1.88. The van der Waals surface area contributed by atoms with E-state index in [1.807, 2.05) is 30.1 Å². The van der Waals surface area contributed by atoms with Crippen molar-refractivity contribution >= 4 is 0 Å². The smallest absolute Gasteiger partial charge is 0.0722 e. The van der Waals surface area contributed by atoms with Gasteiger partial charge in [0.25, 0.3) is 0 Å². The molecule has 2 aromatic rings. The normalized spacial score (nSPS) is 11.8. The monoisotopic (exact) mass is 272 g/mol. The third-order valence-electron chi connectivity index (χ3n) is 3.21. The zero-order valence-corrected chi connectivity index (χ0v) is 12.8. The first-order valence-corrected chi connectivity index (χ1v) is 7.10. The molecule has 4 nitrogen and oxygen atoms in total. The van der Waals surface area contributed by atoms with Gasteiger partial charge < -0.3 is 5.32 Å². The Kier molecular flexibility index (Phi) is 4.55. The number of hydrogen-bond donors (Lipinski definition) is 1. The Labute approximate surface area is 121 Å². The van der Waals surface area contributed by atoms with Gasteiger partial charge in [-0.2, -0.15) is 5.10 Å². The Morgan fingerprint density at radius 1 is 1.25 bits per heavy atom. The van der Waals surface area contributed by atoms with E-state index in [0.29, 0.717) is 0 Å². The first kappa shape index (κ1) is 14.7. The second-order valence-corrected chi connectivity index (χ2v) is 6.17. The van der Waals surface area contributed by atoms with Crippen LogP contribution < -0.4 is 5.32 Å². The van der Waals surface area contributed by atoms with E-state index >= 15 is 0 Å². The van der Waals surface area contributed by atoms with Crippen LogP contribution in [0.1, 0.15) is 37.7 Å². The summed E-state index contributed by atoms with van der Waals surface area (Å²) in [6.45, 7) is 8.38. The van der Waals surface area contributed by atoms with Gasteiger partial charge in [-0.3, -0.25) is 9.67 Å². The highest BCUT2D eigenvalue weighted by molar-refractivity contribution is 5.23. The fourth-order valence-electron chi connectivity index (χ4n) is 2.28. The maximum atomic E-state index is 4.58. The van der Waals surface area contributed by atoms with Gasteiger partial charge in [0.05, 0.1) is 5.69 Å². The maximum absolute atomic E-state index is 4.58. The quantitative estimate of drug-likeness (QED) is 0.850. The van der Waals surface area contributed by atoms with Gasteiger partial charge >= 0.3 is 0 Å². The second-order valence-electron chi connectivity index (χ2n) is 6.17. The fraction of sp³-hybridized carbons (Fsp3) is 0.500. The lowest BCUT2D eigenvalue weighted by atomic mass is 9.89. The van der Waals surface area contributed by atoms with Crippen LogP contribution in [0.25, 0.3) is 0 Å². The summed E-state index contributed by atoms with van der Waals surface area (Å²) in [5, 5.41) is 8.07. The van der Waals surface area contributed by atoms with Crippen LogP contribution in [-0.4, -0.2) is 21.3 Å². The molecule has 2 rings (SSSR count). The number of aromatic nitrogens is 3. The van der Waals surface area contributed by atoms with E-state index in [1.54, 1.807) is 0 Å². The molecule has 0 aromatic carbocycles. The minimum absolute atomic E-state index is 0.0826. The van der Waals surface area contributed by atoms with E-state index in [-0.39, 0.29) is 5.41 Å². The molecule has 0 radical (unpaired) electrons. The summed E-state index contributed by atoms with van der Waals surface area (Å²) in [5.41, 5.74) is 3.66. The molecule has 0 aliphatic carbocycles. The van der Waals surface area contributed by atoms with Gasteiger partial charge in [-0.25, -0.2) is 0 Å². The zero-order valence-electron chi connectivity index (χ0n) is 12.8. The Morgan fingerprint density at radius 3 is 2.70 bits per heavy atom. The summed E-state index contributed by atoms with van der Waals surface area (Å²) in [5.74, 6) is 0. The Morgan fingerprint density at radius 2 is 2.05 bits per heavy atom. The van der Waals surface area contributed by atoms with Gasteiger partial charge in [-0.1, -0.05) is 26.8 Å². The summed E-state index contributed by atoms with van der Waals surface area (Å²) in [4.78, 5) is 4.33. The van der Waals surface area contributed by atoms with Crippen LogP contribution in [0.3, 0.4) is 0 Å². The number of rotatable bonds is 5. The largest absolute Gasteiger partial charge is 0.312 e. The molecule has 0 atom stereocenters. The highest BCUT2D eigenvalue weighted by Gasteiger charge is 2.21. The molecule has 4 heteroatoms. The van der Waals surface area contributed by atoms with E-state index in [4.69, 9.17) is 0 Å². The number of hydrogen-bond acceptors (Lipinski definition) is 3. The van der Waals surface area contributed by atoms with E-state index in [0.717, 1.165) is 25.2 Å². The molecular weight excluding hydrogens is 248 g/mol. The van der Waals surface area contributed by atoms with Crippen molar-refractivity contribution in [3.8, 4) is 0 Å². The number of pyridine rings is 1. The molecule has 0 saturated heterocycles. The molecule has 2 heterocycles. The van der Waals surface area contributed by atoms with Gasteiger partial charge in [0.1, 0.15) is 0 Å². The van der Waals surface area contributed by atoms with Crippen molar-refractivity contribution in [2.75, 3.05) is 6.54 Å². The van der Waals surface area contributed by atoms with Crippen LogP contribution in [0, 0.1) is 0 Å². The van der Waals surface area contributed by atoms with Crippen LogP contribution in [-0.2, 0) is 25.4 Å². The molecule has 1 N–H and O–H groups in total. The van der Waals surface area contributed by atoms with Crippen molar-refractivity contribution in [3.63, 3.8) is 0 Å². The van der Waals surface area contributed by atoms with Crippen LogP contribution in [0.5, 0.6) is 0 Å². The molecule has 0 unspecified atom stereocenters. The maximum Gasteiger partial charge on any atom is 0.0722 e. The standard InChI is InChI=1S/C16H24N4/c1-16(2,3)15-13(12-20(4)19-15)11-17-10-8-14-7-5-6-9-18-14/h5-7,9,12,17H,8,10-11H2,1-4H3. The molecule has 20 heavy (non-hydrogen) atoms. The van der Waals surface area contributed by atoms with E-state index < -0.39 is 0 Å². The van der Waals surface area contributed by atoms with Crippen LogP contribution in [0.15, 0.2) is 30.6 Å². The van der Waals surface area contributed by atoms with Crippen molar-refractivity contribution in [1.29, 1.82) is 0 Å². The van der Waals surface area contributed by atoms with Gasteiger partial charge in [0.2, 0.25) is 0 Å². The SMILES string of the molecule is Cn1cc(CNCCc2ccccn2)c(C(C)(C)C)n1. The van der Waals surface area contributed by atoms with Gasteiger partial charge in [0, 0.05) is 55.6 Å². The zero-order chi connectivity index (χ0) is 14.6. The van der Waals surface area contributed by atoms with Crippen molar-refractivity contribution in [1.82, 2.24) is 20.1 Å². The average molecular weight is 272 g/mol. The minimum Gasteiger partial charge on any atom is -0.312 e. The lowest BCUT2D eigenvalue weighted by Crippen LogP contribution is -2.21. The van der Waals surface area contributed by atoms with Crippen LogP contribution in [0.4, 0.5) is 0 Å². The topological polar surface area (TPSA) is 42.7 Å². The summed E-state index contributed by atoms with van der Waals surface area (Å²) < 4.78 is 1.90. The van der Waals surface area contributed by atoms with E-state index in [2.05, 4.69) is 48.4 Å². The van der Waals surface area contributed by atoms with Crippen molar-refractivity contribution < 1.29 is 0 Å². The summed E-state index contributed by atoms with van der Waals surface area (Å²) in [7, 11) is 1.98. The highest BCUT2D eigenvalue weighted by atomic mass is 15.3. The lowest BCUT2D eigenvalue weighted by Gasteiger charge is -2.17. The number of nitrogens with one attached hydrogen (secondary N) is 1. The highest BCUT2D eigenvalue weighted by Crippen LogP contribution is 2.23. The molecule has 2 aromatic heterocycles. The Bertz CT molecular complexity index is 537. The first-order chi connectivity index (χ1) is 9.47. The van der Waals surface area contributed by atoms with Crippen LogP contribution in [0.2, 0.25) is 0 Å². The predicted octanol–water partition coefficient (Wildman–Crippen LogP) is 2.44. The molecule has 0 aliphatic rings. The molecule has 108 valence electrons. The molecule has 0 bridgehead atoms. The minimum atomic E-state index is 0.0826. The van der Waals surface area contributed by atoms with Crippen molar-refractivity contribution in [3.05, 3.63) is 47.5 Å². The molecule has 0 amide bonds.